The highest BCUT2D eigenvalue weighted by molar-refractivity contribution is 7.94. The Kier molecular flexibility index (Phi) is 16.3. The third-order valence-electron chi connectivity index (χ3n) is 11.5. The molecule has 2 aromatic heterocycles. The van der Waals surface area contributed by atoms with E-state index in [4.69, 9.17) is 9.47 Å². The molecular weight excluding hydrogens is 887 g/mol. The van der Waals surface area contributed by atoms with Crippen molar-refractivity contribution in [2.45, 2.75) is 79.6 Å². The lowest BCUT2D eigenvalue weighted by Crippen LogP contribution is -2.46. The number of methoxy groups -OCH3 is 2. The molecule has 0 spiro atoms. The van der Waals surface area contributed by atoms with Crippen molar-refractivity contribution in [1.29, 1.82) is 0 Å². The van der Waals surface area contributed by atoms with Crippen LogP contribution in [-0.2, 0) is 65.0 Å². The Morgan fingerprint density at radius 3 is 1.47 bits per heavy atom. The Balaban J connectivity index is 0.000000219. The Bertz CT molecular complexity index is 2800. The van der Waals surface area contributed by atoms with Crippen molar-refractivity contribution in [3.05, 3.63) is 191 Å². The summed E-state index contributed by atoms with van der Waals surface area (Å²) in [6.45, 7) is 4.75. The van der Waals surface area contributed by atoms with Crippen LogP contribution < -0.4 is 0 Å². The summed E-state index contributed by atoms with van der Waals surface area (Å²) in [7, 11) is -4.78. The van der Waals surface area contributed by atoms with Gasteiger partial charge in [-0.15, -0.1) is 0 Å². The van der Waals surface area contributed by atoms with E-state index in [-0.39, 0.29) is 35.7 Å². The molecule has 66 heavy (non-hydrogen) atoms. The number of amides is 2. The Labute approximate surface area is 385 Å². The van der Waals surface area contributed by atoms with Crippen LogP contribution in [0, 0.1) is 11.6 Å². The van der Waals surface area contributed by atoms with Gasteiger partial charge in [0.1, 0.15) is 17.4 Å². The molecule has 1 aliphatic rings. The number of nitrogens with zero attached hydrogens (tertiary/aromatic N) is 4. The van der Waals surface area contributed by atoms with Crippen molar-refractivity contribution in [2.75, 3.05) is 20.0 Å². The van der Waals surface area contributed by atoms with Gasteiger partial charge in [0.05, 0.1) is 59.6 Å². The first kappa shape index (κ1) is 49.2. The number of halogens is 2. The fourth-order valence-electron chi connectivity index (χ4n) is 7.73. The first-order valence-corrected chi connectivity index (χ1v) is 24.3. The fraction of sp³-hybridized carbons (Fsp3) is 0.280. The summed E-state index contributed by atoms with van der Waals surface area (Å²) in [6.07, 6.45) is 3.70. The van der Waals surface area contributed by atoms with Crippen LogP contribution in [0.4, 0.5) is 8.78 Å². The largest absolute Gasteiger partial charge is 0.380 e. The number of benzene rings is 4. The molecular formula is C50H52F2N4O8S2. The van der Waals surface area contributed by atoms with Crippen molar-refractivity contribution in [3.63, 3.8) is 0 Å². The van der Waals surface area contributed by atoms with E-state index in [1.165, 1.54) is 29.2 Å². The van der Waals surface area contributed by atoms with Gasteiger partial charge in [0, 0.05) is 26.6 Å². The van der Waals surface area contributed by atoms with Crippen LogP contribution in [-0.4, -0.2) is 73.1 Å². The maximum atomic E-state index is 14.0. The standard InChI is InChI=1S/C26H27FN2O4S.C24H25FN2O4S/c1-19(24-9-4-3-7-20(24)18-33-2)29(17-22-8-5-6-16-28-22)25(30)26(14-15-26)34(31,32)23-12-10-21(27)11-13-23;1-18(23-9-4-3-7-19(23)16-31-2)27(15-21-8-5-6-14-26-21)24(28)17-32(29,30)22-12-10-20(25)11-13-22/h3-13,16,19H,14-15,17-18H2,1-2H3;3-14,18H,15-17H2,1-2H3. The molecule has 0 bridgehead atoms. The summed E-state index contributed by atoms with van der Waals surface area (Å²) in [5.41, 5.74) is 4.85. The van der Waals surface area contributed by atoms with Crippen LogP contribution >= 0.6 is 0 Å². The molecule has 2 amide bonds. The summed E-state index contributed by atoms with van der Waals surface area (Å²) in [4.78, 5) is 38.9. The quantitative estimate of drug-likeness (QED) is 0.0769. The van der Waals surface area contributed by atoms with Crippen molar-refractivity contribution >= 4 is 31.5 Å². The minimum absolute atomic E-state index is 0.0510. The summed E-state index contributed by atoms with van der Waals surface area (Å²) >= 11 is 0. The molecule has 1 fully saturated rings. The molecule has 346 valence electrons. The molecule has 7 rings (SSSR count). The van der Waals surface area contributed by atoms with E-state index in [9.17, 15) is 35.2 Å². The molecule has 0 radical (unpaired) electrons. The predicted molar refractivity (Wildman–Crippen MR) is 245 cm³/mol. The summed E-state index contributed by atoms with van der Waals surface area (Å²) < 4.78 is 88.5. The predicted octanol–water partition coefficient (Wildman–Crippen LogP) is 8.39. The first-order valence-electron chi connectivity index (χ1n) is 21.1. The third kappa shape index (κ3) is 11.6. The van der Waals surface area contributed by atoms with Crippen LogP contribution in [0.5, 0.6) is 0 Å². The highest BCUT2D eigenvalue weighted by Gasteiger charge is 2.63. The molecule has 0 N–H and O–H groups in total. The lowest BCUT2D eigenvalue weighted by molar-refractivity contribution is -0.134. The highest BCUT2D eigenvalue weighted by atomic mass is 32.2. The van der Waals surface area contributed by atoms with E-state index in [2.05, 4.69) is 9.97 Å². The molecule has 6 aromatic rings. The number of carbonyl (C=O) groups excluding carboxylic acids is 2. The summed E-state index contributed by atoms with van der Waals surface area (Å²) in [5.74, 6) is -2.85. The first-order chi connectivity index (χ1) is 31.6. The minimum atomic E-state index is -4.02. The van der Waals surface area contributed by atoms with Crippen molar-refractivity contribution < 1.29 is 44.7 Å². The van der Waals surface area contributed by atoms with Gasteiger partial charge in [0.2, 0.25) is 11.8 Å². The summed E-state index contributed by atoms with van der Waals surface area (Å²) in [5, 5.41) is 0. The molecule has 4 aromatic carbocycles. The van der Waals surface area contributed by atoms with Gasteiger partial charge in [-0.1, -0.05) is 60.7 Å². The zero-order valence-corrected chi connectivity index (χ0v) is 38.7. The second kappa shape index (κ2) is 21.9. The van der Waals surface area contributed by atoms with Crippen LogP contribution in [0.2, 0.25) is 0 Å². The Morgan fingerprint density at radius 2 is 1.03 bits per heavy atom. The van der Waals surface area contributed by atoms with E-state index < -0.39 is 65.7 Å². The van der Waals surface area contributed by atoms with Gasteiger partial charge >= 0.3 is 0 Å². The van der Waals surface area contributed by atoms with E-state index in [0.29, 0.717) is 24.6 Å². The van der Waals surface area contributed by atoms with Crippen molar-refractivity contribution in [3.8, 4) is 0 Å². The molecule has 2 heterocycles. The highest BCUT2D eigenvalue weighted by Crippen LogP contribution is 2.49. The topological polar surface area (TPSA) is 153 Å². The normalized spacial score (nSPS) is 14.0. The maximum absolute atomic E-state index is 14.0. The average Bonchev–Trinajstić information content (AvgIpc) is 4.14. The smallest absolute Gasteiger partial charge is 0.245 e. The minimum Gasteiger partial charge on any atom is -0.380 e. The zero-order valence-electron chi connectivity index (χ0n) is 37.1. The van der Waals surface area contributed by atoms with Crippen molar-refractivity contribution in [2.24, 2.45) is 0 Å². The lowest BCUT2D eigenvalue weighted by Gasteiger charge is -2.33. The number of ether oxygens (including phenoxy) is 2. The molecule has 16 heteroatoms. The van der Waals surface area contributed by atoms with Crippen LogP contribution in [0.25, 0.3) is 0 Å². The van der Waals surface area contributed by atoms with E-state index >= 15 is 0 Å². The number of pyridine rings is 2. The monoisotopic (exact) mass is 938 g/mol. The third-order valence-corrected chi connectivity index (χ3v) is 15.6. The van der Waals surface area contributed by atoms with Gasteiger partial charge < -0.3 is 19.3 Å². The van der Waals surface area contributed by atoms with Gasteiger partial charge in [-0.3, -0.25) is 19.6 Å². The zero-order chi connectivity index (χ0) is 47.5. The van der Waals surface area contributed by atoms with Gasteiger partial charge in [-0.05, 0) is 122 Å². The van der Waals surface area contributed by atoms with Crippen molar-refractivity contribution in [1.82, 2.24) is 19.8 Å². The van der Waals surface area contributed by atoms with E-state index in [1.807, 2.05) is 80.6 Å². The Hall–Kier alpha value is -6.20. The van der Waals surface area contributed by atoms with Gasteiger partial charge in [0.15, 0.2) is 24.4 Å². The van der Waals surface area contributed by atoms with Crippen LogP contribution in [0.1, 0.15) is 72.4 Å². The molecule has 1 aliphatic carbocycles. The van der Waals surface area contributed by atoms with E-state index in [1.54, 1.807) is 49.7 Å². The number of carbonyl (C=O) groups is 2. The second-order valence-corrected chi connectivity index (χ2v) is 20.1. The maximum Gasteiger partial charge on any atom is 0.245 e. The average molecular weight is 939 g/mol. The fourth-order valence-corrected chi connectivity index (χ4v) is 10.9. The lowest BCUT2D eigenvalue weighted by atomic mass is 10.00. The van der Waals surface area contributed by atoms with Gasteiger partial charge in [-0.25, -0.2) is 25.6 Å². The van der Waals surface area contributed by atoms with E-state index in [0.717, 1.165) is 46.5 Å². The number of hydrogen-bond acceptors (Lipinski definition) is 10. The molecule has 12 nitrogen and oxygen atoms in total. The Morgan fingerprint density at radius 1 is 0.606 bits per heavy atom. The molecule has 2 unspecified atom stereocenters. The molecule has 1 saturated carbocycles. The summed E-state index contributed by atoms with van der Waals surface area (Å²) in [6, 6.07) is 34.2. The number of rotatable bonds is 18. The van der Waals surface area contributed by atoms with Crippen LogP contribution in [0.3, 0.4) is 0 Å². The molecule has 0 saturated heterocycles. The number of aromatic nitrogens is 2. The SMILES string of the molecule is COCc1ccccc1C(C)N(Cc1ccccn1)C(=O)C1(S(=O)(=O)c2ccc(F)cc2)CC1.COCc1ccccc1C(C)N(Cc1ccccn1)C(=O)CS(=O)(=O)c1ccc(F)cc1. The molecule has 0 aliphatic heterocycles. The number of sulfone groups is 2. The second-order valence-electron chi connectivity index (χ2n) is 15.9. The van der Waals surface area contributed by atoms with Gasteiger partial charge in [0.25, 0.3) is 0 Å². The van der Waals surface area contributed by atoms with Crippen LogP contribution in [0.15, 0.2) is 156 Å². The van der Waals surface area contributed by atoms with Gasteiger partial charge in [-0.2, -0.15) is 0 Å². The molecule has 2 atom stereocenters. The number of hydrogen-bond donors (Lipinski definition) is 0.